The highest BCUT2D eigenvalue weighted by atomic mass is 35.5. The highest BCUT2D eigenvalue weighted by molar-refractivity contribution is 6.33. The van der Waals surface area contributed by atoms with Gasteiger partial charge in [0.15, 0.2) is 0 Å². The summed E-state index contributed by atoms with van der Waals surface area (Å²) in [4.78, 5) is 23.8. The number of anilines is 1. The highest BCUT2D eigenvalue weighted by Gasteiger charge is 2.22. The summed E-state index contributed by atoms with van der Waals surface area (Å²) in [5.74, 6) is 0. The second-order valence-corrected chi connectivity index (χ2v) is 5.68. The third-order valence-corrected chi connectivity index (χ3v) is 2.62. The van der Waals surface area contributed by atoms with Crippen LogP contribution in [0.2, 0.25) is 5.02 Å². The lowest BCUT2D eigenvalue weighted by molar-refractivity contribution is 0.0186. The molecule has 1 aromatic carbocycles. The van der Waals surface area contributed by atoms with Crippen molar-refractivity contribution >= 4 is 29.4 Å². The molecule has 3 amide bonds. The first-order chi connectivity index (χ1) is 9.73. The minimum atomic E-state index is -0.634. The van der Waals surface area contributed by atoms with Crippen LogP contribution in [0.4, 0.5) is 15.3 Å². The fourth-order valence-corrected chi connectivity index (χ4v) is 1.59. The standard InChI is InChI=1S/C14H20ClN3O3/c1-5-18(13(20)21-14(2,3)4)17-12(19)16-11-9-7-6-8-10(11)15/h6-9H,5H2,1-4H3,(H2,16,17,19). The van der Waals surface area contributed by atoms with Gasteiger partial charge in [-0.05, 0) is 39.8 Å². The van der Waals surface area contributed by atoms with Gasteiger partial charge in [0, 0.05) is 6.54 Å². The predicted molar refractivity (Wildman–Crippen MR) is 82.2 cm³/mol. The van der Waals surface area contributed by atoms with E-state index in [1.54, 1.807) is 52.0 Å². The number of hydrogen-bond donors (Lipinski definition) is 2. The predicted octanol–water partition coefficient (Wildman–Crippen LogP) is 3.63. The second-order valence-electron chi connectivity index (χ2n) is 5.27. The van der Waals surface area contributed by atoms with Gasteiger partial charge in [0.05, 0.1) is 10.7 Å². The van der Waals surface area contributed by atoms with Crippen LogP contribution < -0.4 is 10.7 Å². The lowest BCUT2D eigenvalue weighted by Gasteiger charge is -2.26. The van der Waals surface area contributed by atoms with Crippen LogP contribution in [0, 0.1) is 0 Å². The number of carbonyl (C=O) groups is 2. The third-order valence-electron chi connectivity index (χ3n) is 2.29. The second kappa shape index (κ2) is 7.17. The summed E-state index contributed by atoms with van der Waals surface area (Å²) in [5.41, 5.74) is 2.24. The Balaban J connectivity index is 2.63. The van der Waals surface area contributed by atoms with E-state index in [1.807, 2.05) is 0 Å². The van der Waals surface area contributed by atoms with Crippen molar-refractivity contribution < 1.29 is 14.3 Å². The number of ether oxygens (including phenoxy) is 1. The van der Waals surface area contributed by atoms with Gasteiger partial charge in [-0.15, -0.1) is 0 Å². The average Bonchev–Trinajstić information content (AvgIpc) is 2.36. The van der Waals surface area contributed by atoms with Gasteiger partial charge in [0.1, 0.15) is 5.60 Å². The molecule has 0 bridgehead atoms. The van der Waals surface area contributed by atoms with E-state index in [-0.39, 0.29) is 6.54 Å². The summed E-state index contributed by atoms with van der Waals surface area (Å²) < 4.78 is 5.18. The highest BCUT2D eigenvalue weighted by Crippen LogP contribution is 2.20. The van der Waals surface area contributed by atoms with Crippen molar-refractivity contribution in [2.75, 3.05) is 11.9 Å². The zero-order chi connectivity index (χ0) is 16.0. The van der Waals surface area contributed by atoms with E-state index >= 15 is 0 Å². The number of carbonyl (C=O) groups excluding carboxylic acids is 2. The first kappa shape index (κ1) is 17.1. The van der Waals surface area contributed by atoms with Gasteiger partial charge in [-0.3, -0.25) is 0 Å². The Labute approximate surface area is 129 Å². The van der Waals surface area contributed by atoms with Crippen molar-refractivity contribution in [2.24, 2.45) is 0 Å². The molecule has 7 heteroatoms. The number of hydrazine groups is 1. The zero-order valence-corrected chi connectivity index (χ0v) is 13.3. The Morgan fingerprint density at radius 2 is 1.90 bits per heavy atom. The topological polar surface area (TPSA) is 70.7 Å². The summed E-state index contributed by atoms with van der Waals surface area (Å²) in [6, 6.07) is 6.24. The van der Waals surface area contributed by atoms with E-state index in [0.29, 0.717) is 10.7 Å². The molecule has 0 aromatic heterocycles. The van der Waals surface area contributed by atoms with Gasteiger partial charge in [-0.25, -0.2) is 20.0 Å². The number of benzene rings is 1. The number of nitrogens with zero attached hydrogens (tertiary/aromatic N) is 1. The number of urea groups is 1. The van der Waals surface area contributed by atoms with Crippen LogP contribution in [0.5, 0.6) is 0 Å². The number of nitrogens with one attached hydrogen (secondary N) is 2. The lowest BCUT2D eigenvalue weighted by atomic mass is 10.2. The van der Waals surface area contributed by atoms with Crippen LogP contribution in [-0.2, 0) is 4.74 Å². The molecule has 0 saturated heterocycles. The number of amides is 3. The largest absolute Gasteiger partial charge is 0.442 e. The third kappa shape index (κ3) is 5.91. The quantitative estimate of drug-likeness (QED) is 0.819. The normalized spacial score (nSPS) is 10.7. The van der Waals surface area contributed by atoms with Crippen molar-refractivity contribution in [3.63, 3.8) is 0 Å². The number of para-hydroxylation sites is 1. The fraction of sp³-hybridized carbons (Fsp3) is 0.429. The van der Waals surface area contributed by atoms with Crippen LogP contribution in [0.3, 0.4) is 0 Å². The van der Waals surface area contributed by atoms with Crippen LogP contribution in [0.1, 0.15) is 27.7 Å². The van der Waals surface area contributed by atoms with E-state index in [4.69, 9.17) is 16.3 Å². The smallest absolute Gasteiger partial charge is 0.429 e. The molecule has 0 unspecified atom stereocenters. The van der Waals surface area contributed by atoms with E-state index in [9.17, 15) is 9.59 Å². The average molecular weight is 314 g/mol. The zero-order valence-electron chi connectivity index (χ0n) is 12.6. The van der Waals surface area contributed by atoms with Crippen LogP contribution in [-0.4, -0.2) is 29.3 Å². The first-order valence-corrected chi connectivity index (χ1v) is 6.93. The fourth-order valence-electron chi connectivity index (χ4n) is 1.41. The Kier molecular flexibility index (Phi) is 5.84. The molecule has 0 saturated carbocycles. The molecule has 2 N–H and O–H groups in total. The molecule has 116 valence electrons. The van der Waals surface area contributed by atoms with Crippen molar-refractivity contribution in [3.8, 4) is 0 Å². The Morgan fingerprint density at radius 3 is 2.43 bits per heavy atom. The molecule has 0 heterocycles. The molecule has 0 atom stereocenters. The Morgan fingerprint density at radius 1 is 1.29 bits per heavy atom. The molecule has 1 rings (SSSR count). The maximum Gasteiger partial charge on any atom is 0.429 e. The van der Waals surface area contributed by atoms with Crippen LogP contribution in [0.15, 0.2) is 24.3 Å². The first-order valence-electron chi connectivity index (χ1n) is 6.55. The number of hydrogen-bond acceptors (Lipinski definition) is 3. The minimum Gasteiger partial charge on any atom is -0.442 e. The molecule has 0 fully saturated rings. The Hall–Kier alpha value is -1.95. The van der Waals surface area contributed by atoms with Crippen LogP contribution >= 0.6 is 11.6 Å². The van der Waals surface area contributed by atoms with Gasteiger partial charge in [-0.2, -0.15) is 0 Å². The molecule has 21 heavy (non-hydrogen) atoms. The van der Waals surface area contributed by atoms with Crippen molar-refractivity contribution in [1.29, 1.82) is 0 Å². The maximum absolute atomic E-state index is 11.9. The summed E-state index contributed by atoms with van der Waals surface area (Å²) in [5, 5.41) is 4.05. The molecule has 6 nitrogen and oxygen atoms in total. The van der Waals surface area contributed by atoms with Gasteiger partial charge in [0.2, 0.25) is 0 Å². The van der Waals surface area contributed by atoms with Crippen molar-refractivity contribution in [2.45, 2.75) is 33.3 Å². The summed E-state index contributed by atoms with van der Waals surface area (Å²) >= 11 is 5.94. The SMILES string of the molecule is CCN(NC(=O)Nc1ccccc1Cl)C(=O)OC(C)(C)C. The van der Waals surface area contributed by atoms with E-state index in [1.165, 1.54) is 0 Å². The van der Waals surface area contributed by atoms with E-state index < -0.39 is 17.7 Å². The molecule has 1 aromatic rings. The van der Waals surface area contributed by atoms with E-state index in [2.05, 4.69) is 10.7 Å². The summed E-state index contributed by atoms with van der Waals surface area (Å²) in [6.07, 6.45) is -0.626. The Bertz CT molecular complexity index is 514. The van der Waals surface area contributed by atoms with Gasteiger partial charge >= 0.3 is 12.1 Å². The van der Waals surface area contributed by atoms with Gasteiger partial charge in [-0.1, -0.05) is 23.7 Å². The van der Waals surface area contributed by atoms with Crippen LogP contribution in [0.25, 0.3) is 0 Å². The van der Waals surface area contributed by atoms with Crippen molar-refractivity contribution in [3.05, 3.63) is 29.3 Å². The molecule has 0 aliphatic rings. The molecular weight excluding hydrogens is 294 g/mol. The number of rotatable bonds is 2. The van der Waals surface area contributed by atoms with Crippen molar-refractivity contribution in [1.82, 2.24) is 10.4 Å². The van der Waals surface area contributed by atoms with Gasteiger partial charge in [0.25, 0.3) is 0 Å². The summed E-state index contributed by atoms with van der Waals surface area (Å²) in [7, 11) is 0. The van der Waals surface area contributed by atoms with E-state index in [0.717, 1.165) is 5.01 Å². The monoisotopic (exact) mass is 313 g/mol. The lowest BCUT2D eigenvalue weighted by Crippen LogP contribution is -2.49. The molecular formula is C14H20ClN3O3. The van der Waals surface area contributed by atoms with Gasteiger partial charge < -0.3 is 10.1 Å². The molecule has 0 radical (unpaired) electrons. The summed E-state index contributed by atoms with van der Waals surface area (Å²) in [6.45, 7) is 7.25. The minimum absolute atomic E-state index is 0.269. The molecule has 0 aliphatic heterocycles. The maximum atomic E-state index is 11.9. The number of halogens is 1. The molecule has 0 spiro atoms. The molecule has 0 aliphatic carbocycles.